The van der Waals surface area contributed by atoms with E-state index in [1.807, 2.05) is 53.6 Å². The summed E-state index contributed by atoms with van der Waals surface area (Å²) in [6.07, 6.45) is 0.758. The molecule has 0 aliphatic carbocycles. The Balaban J connectivity index is 0.00000121. The molecule has 2 aliphatic heterocycles. The number of nitro groups is 1. The van der Waals surface area contributed by atoms with Crippen LogP contribution < -0.4 is 10.2 Å². The second-order valence-electron chi connectivity index (χ2n) is 12.0. The Morgan fingerprint density at radius 2 is 1.84 bits per heavy atom. The number of halogens is 2. The number of benzene rings is 1. The van der Waals surface area contributed by atoms with Crippen LogP contribution in [0.2, 0.25) is 0 Å². The van der Waals surface area contributed by atoms with Gasteiger partial charge in [0.25, 0.3) is 0 Å². The van der Waals surface area contributed by atoms with Gasteiger partial charge in [-0.05, 0) is 89.1 Å². The Bertz CT molecular complexity index is 1360. The largest absolute Gasteiger partial charge is 0.444 e. The monoisotopic (exact) mass is 665 g/mol. The molecular weight excluding hydrogens is 621 g/mol. The van der Waals surface area contributed by atoms with Crippen molar-refractivity contribution in [3.8, 4) is 6.07 Å². The van der Waals surface area contributed by atoms with Crippen molar-refractivity contribution in [3.63, 3.8) is 0 Å². The molecule has 1 amide bonds. The van der Waals surface area contributed by atoms with E-state index < -0.39 is 16.3 Å². The van der Waals surface area contributed by atoms with Gasteiger partial charge in [0.15, 0.2) is 5.82 Å². The number of nitrogens with one attached hydrogen (secondary N) is 1. The molecule has 238 valence electrons. The number of ether oxygens (including phenoxy) is 1. The van der Waals surface area contributed by atoms with E-state index in [4.69, 9.17) is 10.00 Å². The van der Waals surface area contributed by atoms with Crippen LogP contribution in [-0.4, -0.2) is 83.3 Å². The van der Waals surface area contributed by atoms with Gasteiger partial charge in [-0.1, -0.05) is 13.8 Å². The van der Waals surface area contributed by atoms with E-state index in [2.05, 4.69) is 38.1 Å². The smallest absolute Gasteiger partial charge is 0.410 e. The van der Waals surface area contributed by atoms with E-state index >= 15 is 4.39 Å². The van der Waals surface area contributed by atoms with Gasteiger partial charge in [0.05, 0.1) is 21.0 Å². The molecule has 13 heteroatoms. The number of nitrogens with zero attached hydrogens (tertiary/aromatic N) is 6. The second kappa shape index (κ2) is 14.5. The highest BCUT2D eigenvalue weighted by Gasteiger charge is 2.45. The predicted octanol–water partition coefficient (Wildman–Crippen LogP) is 6.86. The van der Waals surface area contributed by atoms with E-state index in [1.165, 1.54) is 6.92 Å². The lowest BCUT2D eigenvalue weighted by Crippen LogP contribution is -2.67. The van der Waals surface area contributed by atoms with E-state index in [-0.39, 0.29) is 44.9 Å². The van der Waals surface area contributed by atoms with Crippen LogP contribution in [0.4, 0.5) is 26.4 Å². The van der Waals surface area contributed by atoms with Crippen molar-refractivity contribution in [2.24, 2.45) is 0 Å². The summed E-state index contributed by atoms with van der Waals surface area (Å²) in [4.78, 5) is 34.6. The summed E-state index contributed by atoms with van der Waals surface area (Å²) in [6.45, 7) is 16.7. The second-order valence-corrected chi connectivity index (χ2v) is 12.8. The van der Waals surface area contributed by atoms with Crippen LogP contribution in [0.3, 0.4) is 0 Å². The average Bonchev–Trinajstić information content (AvgIpc) is 2.91. The minimum absolute atomic E-state index is 0.0789. The lowest BCUT2D eigenvalue weighted by Gasteiger charge is -2.52. The molecule has 1 N–H and O–H groups in total. The zero-order valence-electron chi connectivity index (χ0n) is 27.0. The standard InChI is InChI=1S/C26H36BrFN6O4.C2H3N.C2H6/c1-15-12-17-20(19(28)18(15)27)30-23(33-13-26(5,14-33)31(6)7)22(34(36)37)21(17)29-16-8-10-32(11-9-16)24(35)38-25(2,3)4;1-2-3;1-2/h12,16H,8-11,13-14H2,1-7H3,(H,29,30);1H3;1-2H3. The van der Waals surface area contributed by atoms with Crippen molar-refractivity contribution < 1.29 is 18.8 Å². The summed E-state index contributed by atoms with van der Waals surface area (Å²) in [5, 5.41) is 23.5. The molecule has 1 aromatic carbocycles. The highest BCUT2D eigenvalue weighted by Crippen LogP contribution is 2.45. The van der Waals surface area contributed by atoms with Crippen LogP contribution >= 0.6 is 15.9 Å². The number of piperidine rings is 1. The van der Waals surface area contributed by atoms with Gasteiger partial charge in [-0.25, -0.2) is 14.2 Å². The highest BCUT2D eigenvalue weighted by atomic mass is 79.9. The number of carbonyl (C=O) groups excluding carboxylic acids is 1. The van der Waals surface area contributed by atoms with Crippen molar-refractivity contribution in [3.05, 3.63) is 32.0 Å². The maximum absolute atomic E-state index is 15.5. The Hall–Kier alpha value is -3.24. The fraction of sp³-hybridized carbons (Fsp3) is 0.633. The van der Waals surface area contributed by atoms with Crippen LogP contribution in [-0.2, 0) is 4.74 Å². The number of carbonyl (C=O) groups is 1. The molecule has 0 spiro atoms. The number of likely N-dealkylation sites (tertiary alicyclic amines) is 1. The molecule has 0 saturated carbocycles. The number of hydrogen-bond acceptors (Lipinski definition) is 9. The Morgan fingerprint density at radius 1 is 1.30 bits per heavy atom. The first-order valence-electron chi connectivity index (χ1n) is 14.5. The van der Waals surface area contributed by atoms with Crippen LogP contribution in [0.5, 0.6) is 0 Å². The number of likely N-dealkylation sites (N-methyl/N-ethyl adjacent to an activating group) is 1. The number of anilines is 2. The summed E-state index contributed by atoms with van der Waals surface area (Å²) in [6, 6.07) is 3.33. The Labute approximate surface area is 262 Å². The molecule has 43 heavy (non-hydrogen) atoms. The molecule has 2 fully saturated rings. The highest BCUT2D eigenvalue weighted by molar-refractivity contribution is 9.10. The number of hydrogen-bond donors (Lipinski definition) is 1. The lowest BCUT2D eigenvalue weighted by molar-refractivity contribution is -0.383. The van der Waals surface area contributed by atoms with E-state index in [0.29, 0.717) is 50.0 Å². The third kappa shape index (κ3) is 8.23. The van der Waals surface area contributed by atoms with Crippen LogP contribution in [0, 0.1) is 34.2 Å². The molecule has 0 bridgehead atoms. The topological polar surface area (TPSA) is 128 Å². The summed E-state index contributed by atoms with van der Waals surface area (Å²) < 4.78 is 21.3. The number of nitriles is 1. The van der Waals surface area contributed by atoms with E-state index in [9.17, 15) is 14.9 Å². The van der Waals surface area contributed by atoms with Crippen molar-refractivity contribution in [2.45, 2.75) is 85.4 Å². The molecule has 1 aromatic heterocycles. The van der Waals surface area contributed by atoms with Crippen LogP contribution in [0.25, 0.3) is 10.9 Å². The third-order valence-corrected chi connectivity index (χ3v) is 8.39. The van der Waals surface area contributed by atoms with E-state index in [1.54, 1.807) is 24.0 Å². The first-order valence-corrected chi connectivity index (χ1v) is 15.3. The van der Waals surface area contributed by atoms with Gasteiger partial charge in [-0.15, -0.1) is 0 Å². The van der Waals surface area contributed by atoms with Crippen LogP contribution in [0.1, 0.15) is 66.9 Å². The van der Waals surface area contributed by atoms with Gasteiger partial charge in [-0.3, -0.25) is 10.1 Å². The van der Waals surface area contributed by atoms with E-state index in [0.717, 1.165) is 0 Å². The van der Waals surface area contributed by atoms with Crippen LogP contribution in [0.15, 0.2) is 10.5 Å². The normalized spacial score (nSPS) is 16.3. The minimum Gasteiger partial charge on any atom is -0.444 e. The molecule has 4 rings (SSSR count). The van der Waals surface area contributed by atoms with Crippen molar-refractivity contribution in [1.29, 1.82) is 5.26 Å². The number of pyridine rings is 1. The zero-order chi connectivity index (χ0) is 32.9. The number of aromatic nitrogens is 1. The molecule has 3 heterocycles. The predicted molar refractivity (Wildman–Crippen MR) is 172 cm³/mol. The first kappa shape index (κ1) is 36.0. The maximum Gasteiger partial charge on any atom is 0.410 e. The molecule has 11 nitrogen and oxygen atoms in total. The summed E-state index contributed by atoms with van der Waals surface area (Å²) >= 11 is 3.30. The fourth-order valence-electron chi connectivity index (χ4n) is 4.93. The van der Waals surface area contributed by atoms with Gasteiger partial charge >= 0.3 is 11.8 Å². The van der Waals surface area contributed by atoms with Gasteiger partial charge in [0.2, 0.25) is 5.82 Å². The molecule has 0 unspecified atom stereocenters. The maximum atomic E-state index is 15.5. The Kier molecular flexibility index (Phi) is 12.1. The van der Waals surface area contributed by atoms with Gasteiger partial charge in [0, 0.05) is 44.5 Å². The SMILES string of the molecule is CC.CC#N.Cc1cc2c(NC3CCN(C(=O)OC(C)(C)C)CC3)c([N+](=O)[O-])c(N3CC(C)(N(C)C)C3)nc2c(F)c1Br. The quantitative estimate of drug-likeness (QED) is 0.269. The molecule has 2 saturated heterocycles. The van der Waals surface area contributed by atoms with Crippen molar-refractivity contribution in [2.75, 3.05) is 50.5 Å². The molecule has 2 aliphatic rings. The number of fused-ring (bicyclic) bond motifs is 1. The van der Waals surface area contributed by atoms with Gasteiger partial charge in [-0.2, -0.15) is 5.26 Å². The number of rotatable bonds is 5. The molecule has 0 atom stereocenters. The lowest BCUT2D eigenvalue weighted by atomic mass is 9.90. The van der Waals surface area contributed by atoms with Crippen molar-refractivity contribution >= 4 is 50.1 Å². The summed E-state index contributed by atoms with van der Waals surface area (Å²) in [5.74, 6) is -0.389. The Morgan fingerprint density at radius 3 is 2.30 bits per heavy atom. The number of aryl methyl sites for hydroxylation is 1. The minimum atomic E-state index is -0.588. The fourth-order valence-corrected chi connectivity index (χ4v) is 5.23. The summed E-state index contributed by atoms with van der Waals surface area (Å²) in [5.41, 5.74) is 0.0436. The zero-order valence-corrected chi connectivity index (χ0v) is 28.6. The first-order chi connectivity index (χ1) is 20.0. The molecular formula is C30H45BrFN7O4. The molecule has 0 radical (unpaired) electrons. The number of amides is 1. The summed E-state index contributed by atoms with van der Waals surface area (Å²) in [7, 11) is 3.94. The molecule has 2 aromatic rings. The third-order valence-electron chi connectivity index (χ3n) is 7.42. The average molecular weight is 667 g/mol. The van der Waals surface area contributed by atoms with Gasteiger partial charge in [0.1, 0.15) is 16.8 Å². The van der Waals surface area contributed by atoms with Crippen molar-refractivity contribution in [1.82, 2.24) is 14.8 Å². The van der Waals surface area contributed by atoms with Gasteiger partial charge < -0.3 is 24.8 Å².